The summed E-state index contributed by atoms with van der Waals surface area (Å²) in [5, 5.41) is 0.896. The zero-order chi connectivity index (χ0) is 11.9. The second kappa shape index (κ2) is 3.59. The Morgan fingerprint density at radius 1 is 1.25 bits per heavy atom. The smallest absolute Gasteiger partial charge is 0.259 e. The van der Waals surface area contributed by atoms with Gasteiger partial charge in [-0.1, -0.05) is 12.1 Å². The van der Waals surface area contributed by atoms with Crippen molar-refractivity contribution in [3.05, 3.63) is 45.2 Å². The molecule has 2 rings (SSSR count). The van der Waals surface area contributed by atoms with Crippen LogP contribution in [0.15, 0.2) is 23.0 Å². The number of fused-ring (bicyclic) bond motifs is 1. The third kappa shape index (κ3) is 1.54. The van der Waals surface area contributed by atoms with Gasteiger partial charge in [0.1, 0.15) is 0 Å². The lowest BCUT2D eigenvalue weighted by Gasteiger charge is -2.06. The molecule has 0 aliphatic carbocycles. The fourth-order valence-corrected chi connectivity index (χ4v) is 1.79. The van der Waals surface area contributed by atoms with Crippen LogP contribution in [0.5, 0.6) is 0 Å². The molecule has 0 aliphatic rings. The van der Waals surface area contributed by atoms with Crippen LogP contribution in [0.4, 0.5) is 0 Å². The SMILES string of the molecule is CC(=O)c1cc2ccc(C)c(C)c2[nH]c1=O. The molecule has 1 aromatic carbocycles. The second-order valence-electron chi connectivity index (χ2n) is 4.04. The number of aromatic amines is 1. The van der Waals surface area contributed by atoms with Crippen LogP contribution < -0.4 is 5.56 Å². The van der Waals surface area contributed by atoms with Crippen LogP contribution in [-0.2, 0) is 0 Å². The molecule has 1 aromatic heterocycles. The van der Waals surface area contributed by atoms with Crippen molar-refractivity contribution >= 4 is 16.7 Å². The Kier molecular flexibility index (Phi) is 2.38. The minimum absolute atomic E-state index is 0.207. The second-order valence-corrected chi connectivity index (χ2v) is 4.04. The van der Waals surface area contributed by atoms with Crippen molar-refractivity contribution in [3.8, 4) is 0 Å². The van der Waals surface area contributed by atoms with Crippen LogP contribution in [0.1, 0.15) is 28.4 Å². The lowest BCUT2D eigenvalue weighted by molar-refractivity contribution is 0.101. The molecule has 82 valence electrons. The average molecular weight is 215 g/mol. The highest BCUT2D eigenvalue weighted by Gasteiger charge is 2.08. The summed E-state index contributed by atoms with van der Waals surface area (Å²) < 4.78 is 0. The van der Waals surface area contributed by atoms with Crippen molar-refractivity contribution in [2.75, 3.05) is 0 Å². The van der Waals surface area contributed by atoms with E-state index in [4.69, 9.17) is 0 Å². The van der Waals surface area contributed by atoms with E-state index in [1.165, 1.54) is 6.92 Å². The van der Waals surface area contributed by atoms with E-state index < -0.39 is 0 Å². The zero-order valence-electron chi connectivity index (χ0n) is 9.55. The molecule has 1 N–H and O–H groups in total. The maximum atomic E-state index is 11.7. The van der Waals surface area contributed by atoms with E-state index in [0.29, 0.717) is 0 Å². The number of ketones is 1. The molecule has 0 amide bonds. The van der Waals surface area contributed by atoms with Gasteiger partial charge < -0.3 is 4.98 Å². The first kappa shape index (κ1) is 10.6. The van der Waals surface area contributed by atoms with Gasteiger partial charge in [-0.25, -0.2) is 0 Å². The van der Waals surface area contributed by atoms with Crippen molar-refractivity contribution in [3.63, 3.8) is 0 Å². The summed E-state index contributed by atoms with van der Waals surface area (Å²) in [4.78, 5) is 25.7. The average Bonchev–Trinajstić information content (AvgIpc) is 2.23. The minimum atomic E-state index is -0.311. The number of hydrogen-bond donors (Lipinski definition) is 1. The number of rotatable bonds is 1. The van der Waals surface area contributed by atoms with Crippen molar-refractivity contribution in [1.82, 2.24) is 4.98 Å². The van der Waals surface area contributed by atoms with E-state index in [2.05, 4.69) is 4.98 Å². The Labute approximate surface area is 93.1 Å². The van der Waals surface area contributed by atoms with Crippen molar-refractivity contribution in [1.29, 1.82) is 0 Å². The maximum absolute atomic E-state index is 11.7. The van der Waals surface area contributed by atoms with Gasteiger partial charge in [-0.05, 0) is 43.4 Å². The highest BCUT2D eigenvalue weighted by molar-refractivity contribution is 5.97. The molecular weight excluding hydrogens is 202 g/mol. The van der Waals surface area contributed by atoms with Gasteiger partial charge in [0, 0.05) is 0 Å². The number of H-pyrrole nitrogens is 1. The fraction of sp³-hybridized carbons (Fsp3) is 0.231. The molecule has 1 heterocycles. The van der Waals surface area contributed by atoms with Crippen molar-refractivity contribution < 1.29 is 4.79 Å². The van der Waals surface area contributed by atoms with Gasteiger partial charge in [0.15, 0.2) is 5.78 Å². The molecule has 0 fully saturated rings. The van der Waals surface area contributed by atoms with Crippen LogP contribution in [-0.4, -0.2) is 10.8 Å². The lowest BCUT2D eigenvalue weighted by atomic mass is 10.0. The van der Waals surface area contributed by atoms with Gasteiger partial charge in [0.2, 0.25) is 0 Å². The number of benzene rings is 1. The van der Waals surface area contributed by atoms with Crippen LogP contribution in [0, 0.1) is 13.8 Å². The van der Waals surface area contributed by atoms with Gasteiger partial charge in [-0.2, -0.15) is 0 Å². The van der Waals surface area contributed by atoms with E-state index in [1.807, 2.05) is 26.0 Å². The molecule has 0 atom stereocenters. The largest absolute Gasteiger partial charge is 0.321 e. The number of nitrogens with one attached hydrogen (secondary N) is 1. The summed E-state index contributed by atoms with van der Waals surface area (Å²) >= 11 is 0. The zero-order valence-corrected chi connectivity index (χ0v) is 9.55. The number of Topliss-reactive ketones (excluding diaryl/α,β-unsaturated/α-hetero) is 1. The summed E-state index contributed by atoms with van der Waals surface area (Å²) in [7, 11) is 0. The summed E-state index contributed by atoms with van der Waals surface area (Å²) in [6.07, 6.45) is 0. The van der Waals surface area contributed by atoms with Gasteiger partial charge >= 0.3 is 0 Å². The third-order valence-electron chi connectivity index (χ3n) is 2.93. The summed E-state index contributed by atoms with van der Waals surface area (Å²) in [5.41, 5.74) is 2.89. The van der Waals surface area contributed by atoms with Gasteiger partial charge in [-0.15, -0.1) is 0 Å². The normalized spacial score (nSPS) is 10.7. The Bertz CT molecular complexity index is 638. The maximum Gasteiger partial charge on any atom is 0.259 e. The van der Waals surface area contributed by atoms with E-state index in [9.17, 15) is 9.59 Å². The first-order chi connectivity index (χ1) is 7.50. The lowest BCUT2D eigenvalue weighted by Crippen LogP contribution is -2.16. The van der Waals surface area contributed by atoms with Gasteiger partial charge in [0.05, 0.1) is 11.1 Å². The highest BCUT2D eigenvalue weighted by Crippen LogP contribution is 2.18. The topological polar surface area (TPSA) is 49.9 Å². The Morgan fingerprint density at radius 2 is 1.94 bits per heavy atom. The van der Waals surface area contributed by atoms with E-state index in [0.717, 1.165) is 22.0 Å². The number of carbonyl (C=O) groups is 1. The predicted molar refractivity (Wildman–Crippen MR) is 64.0 cm³/mol. The van der Waals surface area contributed by atoms with Crippen LogP contribution in [0.2, 0.25) is 0 Å². The van der Waals surface area contributed by atoms with Crippen LogP contribution in [0.25, 0.3) is 10.9 Å². The van der Waals surface area contributed by atoms with Crippen LogP contribution in [0.3, 0.4) is 0 Å². The number of pyridine rings is 1. The number of aromatic nitrogens is 1. The minimum Gasteiger partial charge on any atom is -0.321 e. The van der Waals surface area contributed by atoms with E-state index in [1.54, 1.807) is 6.07 Å². The Hall–Kier alpha value is -1.90. The quantitative estimate of drug-likeness (QED) is 0.742. The molecule has 0 saturated carbocycles. The predicted octanol–water partition coefficient (Wildman–Crippen LogP) is 2.35. The molecule has 2 aromatic rings. The molecule has 0 aliphatic heterocycles. The monoisotopic (exact) mass is 215 g/mol. The molecule has 0 radical (unpaired) electrons. The molecule has 0 bridgehead atoms. The fourth-order valence-electron chi connectivity index (χ4n) is 1.79. The molecule has 0 unspecified atom stereocenters. The van der Waals surface area contributed by atoms with Crippen LogP contribution >= 0.6 is 0 Å². The first-order valence-corrected chi connectivity index (χ1v) is 5.15. The summed E-state index contributed by atoms with van der Waals surface area (Å²) in [6, 6.07) is 5.56. The Balaban J connectivity index is 2.89. The van der Waals surface area contributed by atoms with Crippen molar-refractivity contribution in [2.45, 2.75) is 20.8 Å². The molecule has 0 spiro atoms. The Morgan fingerprint density at radius 3 is 2.56 bits per heavy atom. The third-order valence-corrected chi connectivity index (χ3v) is 2.93. The number of aryl methyl sites for hydroxylation is 2. The standard InChI is InChI=1S/C13H13NO2/c1-7-4-5-10-6-11(9(3)15)13(16)14-12(10)8(7)2/h4-6H,1-3H3,(H,14,16). The van der Waals surface area contributed by atoms with Gasteiger partial charge in [0.25, 0.3) is 5.56 Å². The summed E-state index contributed by atoms with van der Waals surface area (Å²) in [5.74, 6) is -0.207. The highest BCUT2D eigenvalue weighted by atomic mass is 16.1. The molecule has 3 heteroatoms. The number of hydrogen-bond acceptors (Lipinski definition) is 2. The molecule has 0 saturated heterocycles. The summed E-state index contributed by atoms with van der Waals surface area (Å²) in [6.45, 7) is 5.35. The van der Waals surface area contributed by atoms with E-state index in [-0.39, 0.29) is 16.9 Å². The number of carbonyl (C=O) groups excluding carboxylic acids is 1. The van der Waals surface area contributed by atoms with E-state index >= 15 is 0 Å². The first-order valence-electron chi connectivity index (χ1n) is 5.15. The molecule has 16 heavy (non-hydrogen) atoms. The van der Waals surface area contributed by atoms with Crippen molar-refractivity contribution in [2.24, 2.45) is 0 Å². The molecule has 3 nitrogen and oxygen atoms in total. The molecular formula is C13H13NO2. The van der Waals surface area contributed by atoms with Gasteiger partial charge in [-0.3, -0.25) is 9.59 Å².